The zero-order chi connectivity index (χ0) is 15.2. The topological polar surface area (TPSA) is 39.7 Å². The fourth-order valence-electron chi connectivity index (χ4n) is 2.52. The average Bonchev–Trinajstić information content (AvgIpc) is 2.98. The number of rotatable bonds is 7. The van der Waals surface area contributed by atoms with E-state index in [2.05, 4.69) is 23.5 Å². The molecule has 0 aromatic heterocycles. The molecule has 0 aliphatic carbocycles. The highest BCUT2D eigenvalue weighted by Crippen LogP contribution is 2.31. The van der Waals surface area contributed by atoms with Crippen molar-refractivity contribution in [2.75, 3.05) is 26.9 Å². The molecule has 2 aromatic rings. The predicted octanol–water partition coefficient (Wildman–Crippen LogP) is 2.94. The van der Waals surface area contributed by atoms with Crippen LogP contribution in [0.5, 0.6) is 11.5 Å². The lowest BCUT2D eigenvalue weighted by atomic mass is 10.1. The van der Waals surface area contributed by atoms with Gasteiger partial charge >= 0.3 is 0 Å². The van der Waals surface area contributed by atoms with Crippen molar-refractivity contribution in [3.63, 3.8) is 0 Å². The van der Waals surface area contributed by atoms with Crippen molar-refractivity contribution >= 4 is 0 Å². The summed E-state index contributed by atoms with van der Waals surface area (Å²) in [6.07, 6.45) is 0. The Morgan fingerprint density at radius 1 is 1.09 bits per heavy atom. The summed E-state index contributed by atoms with van der Waals surface area (Å²) >= 11 is 0. The smallest absolute Gasteiger partial charge is 0.124 e. The van der Waals surface area contributed by atoms with Crippen molar-refractivity contribution in [3.8, 4) is 11.5 Å². The van der Waals surface area contributed by atoms with Gasteiger partial charge in [-0.25, -0.2) is 0 Å². The number of ether oxygens (including phenoxy) is 3. The molecule has 2 aromatic carbocycles. The van der Waals surface area contributed by atoms with Crippen LogP contribution in [0.15, 0.2) is 48.5 Å². The van der Waals surface area contributed by atoms with Crippen LogP contribution in [-0.2, 0) is 11.3 Å². The zero-order valence-corrected chi connectivity index (χ0v) is 12.7. The molecule has 0 spiro atoms. The fourth-order valence-corrected chi connectivity index (χ4v) is 2.52. The third-order valence-corrected chi connectivity index (χ3v) is 3.73. The van der Waals surface area contributed by atoms with E-state index in [0.29, 0.717) is 19.8 Å². The van der Waals surface area contributed by atoms with Crippen LogP contribution >= 0.6 is 0 Å². The summed E-state index contributed by atoms with van der Waals surface area (Å²) in [7, 11) is 1.67. The van der Waals surface area contributed by atoms with E-state index in [4.69, 9.17) is 14.2 Å². The van der Waals surface area contributed by atoms with Gasteiger partial charge in [0.1, 0.15) is 24.7 Å². The largest absolute Gasteiger partial charge is 0.491 e. The first-order valence-corrected chi connectivity index (χ1v) is 7.52. The second kappa shape index (κ2) is 7.29. The van der Waals surface area contributed by atoms with Crippen molar-refractivity contribution < 1.29 is 14.2 Å². The summed E-state index contributed by atoms with van der Waals surface area (Å²) in [5.41, 5.74) is 2.46. The highest BCUT2D eigenvalue weighted by molar-refractivity contribution is 5.39. The van der Waals surface area contributed by atoms with Gasteiger partial charge in [0.25, 0.3) is 0 Å². The molecule has 116 valence electrons. The van der Waals surface area contributed by atoms with Crippen LogP contribution in [0.25, 0.3) is 0 Å². The van der Waals surface area contributed by atoms with Gasteiger partial charge in [-0.3, -0.25) is 0 Å². The molecule has 22 heavy (non-hydrogen) atoms. The summed E-state index contributed by atoms with van der Waals surface area (Å²) in [5.74, 6) is 1.86. The lowest BCUT2D eigenvalue weighted by Gasteiger charge is -2.12. The first-order chi connectivity index (χ1) is 10.9. The molecule has 0 bridgehead atoms. The summed E-state index contributed by atoms with van der Waals surface area (Å²) in [6, 6.07) is 16.6. The molecular formula is C18H21NO3. The maximum atomic E-state index is 5.68. The minimum atomic E-state index is 0.258. The molecule has 0 fully saturated rings. The van der Waals surface area contributed by atoms with Gasteiger partial charge in [0.15, 0.2) is 0 Å². The first kappa shape index (κ1) is 14.9. The van der Waals surface area contributed by atoms with Gasteiger partial charge in [0.2, 0.25) is 0 Å². The monoisotopic (exact) mass is 299 g/mol. The van der Waals surface area contributed by atoms with Gasteiger partial charge in [-0.2, -0.15) is 0 Å². The van der Waals surface area contributed by atoms with E-state index in [1.165, 1.54) is 11.1 Å². The molecule has 1 heterocycles. The Kier molecular flexibility index (Phi) is 4.93. The van der Waals surface area contributed by atoms with Crippen LogP contribution in [0.3, 0.4) is 0 Å². The highest BCUT2D eigenvalue weighted by atomic mass is 16.5. The van der Waals surface area contributed by atoms with Crippen LogP contribution in [-0.4, -0.2) is 26.9 Å². The molecule has 1 atom stereocenters. The Morgan fingerprint density at radius 3 is 2.73 bits per heavy atom. The summed E-state index contributed by atoms with van der Waals surface area (Å²) in [5, 5.41) is 3.54. The highest BCUT2D eigenvalue weighted by Gasteiger charge is 2.22. The van der Waals surface area contributed by atoms with Crippen LogP contribution < -0.4 is 14.8 Å². The standard InChI is InChI=1S/C18H21NO3/c1-20-10-11-21-15-8-6-14(7-9-15)12-19-17-13-22-18-5-3-2-4-16(17)18/h2-9,17,19H,10-13H2,1H3. The molecule has 0 radical (unpaired) electrons. The molecule has 0 amide bonds. The fraction of sp³-hybridized carbons (Fsp3) is 0.333. The van der Waals surface area contributed by atoms with Gasteiger partial charge < -0.3 is 19.5 Å². The number of hydrogen-bond donors (Lipinski definition) is 1. The van der Waals surface area contributed by atoms with Gasteiger partial charge in [0.05, 0.1) is 12.6 Å². The van der Waals surface area contributed by atoms with Crippen LogP contribution in [0.4, 0.5) is 0 Å². The molecule has 1 aliphatic heterocycles. The molecule has 0 saturated carbocycles. The third kappa shape index (κ3) is 3.59. The van der Waals surface area contributed by atoms with Crippen molar-refractivity contribution in [2.24, 2.45) is 0 Å². The normalized spacial score (nSPS) is 16.1. The average molecular weight is 299 g/mol. The predicted molar refractivity (Wildman–Crippen MR) is 85.3 cm³/mol. The first-order valence-electron chi connectivity index (χ1n) is 7.52. The summed E-state index contributed by atoms with van der Waals surface area (Å²) in [4.78, 5) is 0. The minimum absolute atomic E-state index is 0.258. The van der Waals surface area contributed by atoms with Crippen LogP contribution in [0.2, 0.25) is 0 Å². The van der Waals surface area contributed by atoms with E-state index in [0.717, 1.165) is 18.0 Å². The van der Waals surface area contributed by atoms with E-state index in [1.807, 2.05) is 30.3 Å². The van der Waals surface area contributed by atoms with Gasteiger partial charge in [-0.15, -0.1) is 0 Å². The number of methoxy groups -OCH3 is 1. The SMILES string of the molecule is COCCOc1ccc(CNC2COc3ccccc32)cc1. The molecule has 4 heteroatoms. The van der Waals surface area contributed by atoms with E-state index in [1.54, 1.807) is 7.11 Å². The zero-order valence-electron chi connectivity index (χ0n) is 12.7. The summed E-state index contributed by atoms with van der Waals surface area (Å²) in [6.45, 7) is 2.67. The third-order valence-electron chi connectivity index (χ3n) is 3.73. The quantitative estimate of drug-likeness (QED) is 0.798. The Labute approximate surface area is 131 Å². The molecule has 0 saturated heterocycles. The second-order valence-corrected chi connectivity index (χ2v) is 5.27. The molecule has 4 nitrogen and oxygen atoms in total. The van der Waals surface area contributed by atoms with Crippen molar-refractivity contribution in [1.29, 1.82) is 0 Å². The van der Waals surface area contributed by atoms with Crippen molar-refractivity contribution in [2.45, 2.75) is 12.6 Å². The Balaban J connectivity index is 1.52. The lowest BCUT2D eigenvalue weighted by molar-refractivity contribution is 0.146. The van der Waals surface area contributed by atoms with Gasteiger partial charge in [-0.05, 0) is 23.8 Å². The Hall–Kier alpha value is -2.04. The molecule has 1 N–H and O–H groups in total. The molecule has 1 aliphatic rings. The Bertz CT molecular complexity index is 598. The molecule has 3 rings (SSSR count). The van der Waals surface area contributed by atoms with Crippen LogP contribution in [0.1, 0.15) is 17.2 Å². The van der Waals surface area contributed by atoms with E-state index in [9.17, 15) is 0 Å². The maximum Gasteiger partial charge on any atom is 0.124 e. The number of hydrogen-bond acceptors (Lipinski definition) is 4. The second-order valence-electron chi connectivity index (χ2n) is 5.27. The van der Waals surface area contributed by atoms with E-state index >= 15 is 0 Å². The van der Waals surface area contributed by atoms with E-state index in [-0.39, 0.29) is 6.04 Å². The maximum absolute atomic E-state index is 5.68. The van der Waals surface area contributed by atoms with Gasteiger partial charge in [-0.1, -0.05) is 30.3 Å². The number of benzene rings is 2. The molecule has 1 unspecified atom stereocenters. The summed E-state index contributed by atoms with van der Waals surface area (Å²) < 4.78 is 16.2. The van der Waals surface area contributed by atoms with E-state index < -0.39 is 0 Å². The van der Waals surface area contributed by atoms with Gasteiger partial charge in [0, 0.05) is 19.2 Å². The van der Waals surface area contributed by atoms with Crippen molar-refractivity contribution in [1.82, 2.24) is 5.32 Å². The number of nitrogens with one attached hydrogen (secondary N) is 1. The number of para-hydroxylation sites is 1. The molecular weight excluding hydrogens is 278 g/mol. The van der Waals surface area contributed by atoms with Crippen LogP contribution in [0, 0.1) is 0 Å². The lowest BCUT2D eigenvalue weighted by Crippen LogP contribution is -2.21. The Morgan fingerprint density at radius 2 is 1.91 bits per heavy atom. The number of fused-ring (bicyclic) bond motifs is 1. The van der Waals surface area contributed by atoms with Crippen molar-refractivity contribution in [3.05, 3.63) is 59.7 Å². The minimum Gasteiger partial charge on any atom is -0.491 e.